The van der Waals surface area contributed by atoms with Crippen LogP contribution in [0, 0.1) is 18.3 Å². The highest BCUT2D eigenvalue weighted by molar-refractivity contribution is 6.99. The van der Waals surface area contributed by atoms with Gasteiger partial charge in [-0.2, -0.15) is 5.26 Å². The van der Waals surface area contributed by atoms with Gasteiger partial charge < -0.3 is 9.16 Å². The van der Waals surface area contributed by atoms with Crippen molar-refractivity contribution in [3.63, 3.8) is 0 Å². The third-order valence-electron chi connectivity index (χ3n) is 6.39. The summed E-state index contributed by atoms with van der Waals surface area (Å²) in [5.74, 6) is 0. The Labute approximate surface area is 205 Å². The van der Waals surface area contributed by atoms with Gasteiger partial charge in [0.2, 0.25) is 0 Å². The fourth-order valence-corrected chi connectivity index (χ4v) is 9.20. The van der Waals surface area contributed by atoms with Gasteiger partial charge in [0.25, 0.3) is 13.9 Å². The summed E-state index contributed by atoms with van der Waals surface area (Å²) in [6.45, 7) is 8.08. The first-order valence-electron chi connectivity index (χ1n) is 11.5. The predicted molar refractivity (Wildman–Crippen MR) is 137 cm³/mol. The lowest BCUT2D eigenvalue weighted by atomic mass is 10.1. The molecule has 2 atom stereocenters. The molecule has 1 aromatic heterocycles. The number of ether oxygens (including phenoxy) is 1. The Morgan fingerprint density at radius 2 is 1.66 bits per heavy atom. The van der Waals surface area contributed by atoms with E-state index in [1.54, 1.807) is 19.1 Å². The maximum absolute atomic E-state index is 12.4. The zero-order valence-corrected chi connectivity index (χ0v) is 21.3. The number of hydrogen-bond acceptors (Lipinski definition) is 5. The molecule has 8 heteroatoms. The molecule has 1 aliphatic rings. The molecule has 3 aromatic rings. The second-order valence-electron chi connectivity index (χ2n) is 9.80. The lowest BCUT2D eigenvalue weighted by molar-refractivity contribution is -0.0481. The SMILES string of the molecule is Cc1cn([C@H]2C=C[C@](C#N)(CO[Si](c3ccccc3)(c3ccccc3)C(C)(C)C)O2)c(=O)[nH]c1=O. The average Bonchev–Trinajstić information content (AvgIpc) is 3.27. The van der Waals surface area contributed by atoms with Crippen molar-refractivity contribution in [1.82, 2.24) is 9.55 Å². The number of aromatic amines is 1. The summed E-state index contributed by atoms with van der Waals surface area (Å²) >= 11 is 0. The molecule has 0 fully saturated rings. The van der Waals surface area contributed by atoms with E-state index >= 15 is 0 Å². The summed E-state index contributed by atoms with van der Waals surface area (Å²) in [5, 5.41) is 12.1. The van der Waals surface area contributed by atoms with E-state index in [4.69, 9.17) is 9.16 Å². The zero-order chi connectivity index (χ0) is 25.3. The van der Waals surface area contributed by atoms with Crippen molar-refractivity contribution >= 4 is 18.7 Å². The van der Waals surface area contributed by atoms with Crippen LogP contribution in [0.1, 0.15) is 32.6 Å². The van der Waals surface area contributed by atoms with E-state index < -0.39 is 31.4 Å². The first-order valence-corrected chi connectivity index (χ1v) is 13.4. The van der Waals surface area contributed by atoms with Crippen molar-refractivity contribution in [2.24, 2.45) is 0 Å². The largest absolute Gasteiger partial charge is 0.403 e. The maximum Gasteiger partial charge on any atom is 0.330 e. The van der Waals surface area contributed by atoms with E-state index in [0.29, 0.717) is 5.56 Å². The number of H-pyrrole nitrogens is 1. The third kappa shape index (κ3) is 4.46. The summed E-state index contributed by atoms with van der Waals surface area (Å²) in [4.78, 5) is 26.4. The van der Waals surface area contributed by atoms with Gasteiger partial charge in [0.05, 0.1) is 6.61 Å². The lowest BCUT2D eigenvalue weighted by Crippen LogP contribution is -2.67. The quantitative estimate of drug-likeness (QED) is 0.426. The monoisotopic (exact) mass is 487 g/mol. The molecule has 7 nitrogen and oxygen atoms in total. The second kappa shape index (κ2) is 9.27. The molecular weight excluding hydrogens is 458 g/mol. The second-order valence-corrected chi connectivity index (χ2v) is 14.1. The number of nitriles is 1. The van der Waals surface area contributed by atoms with Gasteiger partial charge in [-0.25, -0.2) is 4.79 Å². The Kier molecular flexibility index (Phi) is 6.51. The van der Waals surface area contributed by atoms with Crippen LogP contribution >= 0.6 is 0 Å². The molecule has 0 spiro atoms. The topological polar surface area (TPSA) is 97.1 Å². The third-order valence-corrected chi connectivity index (χ3v) is 11.4. The molecule has 180 valence electrons. The minimum atomic E-state index is -2.89. The van der Waals surface area contributed by atoms with Crippen molar-refractivity contribution in [2.75, 3.05) is 6.61 Å². The molecule has 1 aliphatic heterocycles. The number of aryl methyl sites for hydroxylation is 1. The molecule has 4 rings (SSSR count). The van der Waals surface area contributed by atoms with Crippen LogP contribution in [0.3, 0.4) is 0 Å². The molecule has 0 radical (unpaired) electrons. The maximum atomic E-state index is 12.4. The number of benzene rings is 2. The van der Waals surface area contributed by atoms with E-state index in [-0.39, 0.29) is 11.6 Å². The molecule has 0 saturated carbocycles. The van der Waals surface area contributed by atoms with Gasteiger partial charge in [-0.15, -0.1) is 0 Å². The van der Waals surface area contributed by atoms with Crippen molar-refractivity contribution in [1.29, 1.82) is 5.26 Å². The Bertz CT molecular complexity index is 1340. The molecule has 2 heterocycles. The van der Waals surface area contributed by atoms with Crippen molar-refractivity contribution in [2.45, 2.75) is 44.6 Å². The van der Waals surface area contributed by atoms with Gasteiger partial charge in [-0.3, -0.25) is 14.3 Å². The van der Waals surface area contributed by atoms with Crippen molar-refractivity contribution < 1.29 is 9.16 Å². The highest BCUT2D eigenvalue weighted by atomic mass is 28.4. The summed E-state index contributed by atoms with van der Waals surface area (Å²) in [6.07, 6.45) is 3.90. The number of nitrogens with zero attached hydrogens (tertiary/aromatic N) is 2. The summed E-state index contributed by atoms with van der Waals surface area (Å²) in [6, 6.07) is 22.5. The van der Waals surface area contributed by atoms with Gasteiger partial charge in [-0.1, -0.05) is 81.4 Å². The molecule has 0 amide bonds. The number of rotatable bonds is 6. The normalized spacial score (nSPS) is 20.0. The van der Waals surface area contributed by atoms with Crippen LogP contribution in [0.2, 0.25) is 5.04 Å². The Morgan fingerprint density at radius 1 is 1.09 bits per heavy atom. The Balaban J connectivity index is 1.72. The molecule has 0 aliphatic carbocycles. The van der Waals surface area contributed by atoms with Crippen LogP contribution in [-0.2, 0) is 9.16 Å². The first kappa shape index (κ1) is 24.6. The lowest BCUT2D eigenvalue weighted by Gasteiger charge is -2.44. The molecule has 0 unspecified atom stereocenters. The minimum absolute atomic E-state index is 0.0130. The Morgan fingerprint density at radius 3 is 2.17 bits per heavy atom. The number of nitrogens with one attached hydrogen (secondary N) is 1. The summed E-state index contributed by atoms with van der Waals surface area (Å²) in [5.41, 5.74) is -2.06. The fraction of sp³-hybridized carbons (Fsp3) is 0.296. The molecule has 35 heavy (non-hydrogen) atoms. The van der Waals surface area contributed by atoms with E-state index in [9.17, 15) is 14.9 Å². The highest BCUT2D eigenvalue weighted by Gasteiger charge is 2.52. The fourth-order valence-electron chi connectivity index (χ4n) is 4.61. The van der Waals surface area contributed by atoms with Gasteiger partial charge in [0.15, 0.2) is 11.8 Å². The van der Waals surface area contributed by atoms with E-state index in [0.717, 1.165) is 10.4 Å². The van der Waals surface area contributed by atoms with E-state index in [1.807, 2.05) is 36.4 Å². The number of aromatic nitrogens is 2. The average molecular weight is 488 g/mol. The molecule has 0 saturated heterocycles. The van der Waals surface area contributed by atoms with Crippen LogP contribution in [0.5, 0.6) is 0 Å². The zero-order valence-electron chi connectivity index (χ0n) is 20.3. The van der Waals surface area contributed by atoms with E-state index in [2.05, 4.69) is 56.1 Å². The smallest absolute Gasteiger partial charge is 0.330 e. The van der Waals surface area contributed by atoms with Crippen molar-refractivity contribution in [3.05, 3.63) is 105 Å². The van der Waals surface area contributed by atoms with Gasteiger partial charge in [0.1, 0.15) is 6.07 Å². The molecular formula is C27H29N3O4Si. The highest BCUT2D eigenvalue weighted by Crippen LogP contribution is 2.38. The molecule has 2 aromatic carbocycles. The van der Waals surface area contributed by atoms with Crippen LogP contribution in [0.25, 0.3) is 0 Å². The van der Waals surface area contributed by atoms with Gasteiger partial charge >= 0.3 is 5.69 Å². The first-order chi connectivity index (χ1) is 16.6. The predicted octanol–water partition coefficient (Wildman–Crippen LogP) is 2.77. The number of hydrogen-bond donors (Lipinski definition) is 1. The molecule has 0 bridgehead atoms. The van der Waals surface area contributed by atoms with Crippen LogP contribution < -0.4 is 21.6 Å². The Hall–Kier alpha value is -3.51. The van der Waals surface area contributed by atoms with Gasteiger partial charge in [-0.05, 0) is 34.5 Å². The summed E-state index contributed by atoms with van der Waals surface area (Å²) < 4.78 is 14.3. The van der Waals surface area contributed by atoms with Crippen molar-refractivity contribution in [3.8, 4) is 6.07 Å². The van der Waals surface area contributed by atoms with E-state index in [1.165, 1.54) is 10.8 Å². The van der Waals surface area contributed by atoms with Crippen LogP contribution in [0.4, 0.5) is 0 Å². The van der Waals surface area contributed by atoms with Crippen LogP contribution in [0.15, 0.2) is 88.6 Å². The minimum Gasteiger partial charge on any atom is -0.403 e. The summed E-state index contributed by atoms with van der Waals surface area (Å²) in [7, 11) is -2.89. The van der Waals surface area contributed by atoms with Crippen LogP contribution in [-0.4, -0.2) is 30.1 Å². The standard InChI is InChI=1S/C27H29N3O4Si/c1-20-17-30(25(32)29-24(20)31)23-15-16-27(18-28,34-23)19-33-35(26(2,3)4,21-11-7-5-8-12-21)22-13-9-6-10-14-22/h5-17,23H,19H2,1-4H3,(H,29,31,32)/t23-,27+/m1/s1. The molecule has 1 N–H and O–H groups in total. The van der Waals surface area contributed by atoms with Gasteiger partial charge in [0, 0.05) is 11.8 Å².